The second kappa shape index (κ2) is 6.41. The van der Waals surface area contributed by atoms with Crippen molar-refractivity contribution in [1.29, 1.82) is 0 Å². The number of carboxylic acid groups (broad SMARTS) is 1. The number of rotatable bonds is 5. The van der Waals surface area contributed by atoms with E-state index in [0.29, 0.717) is 11.8 Å². The first-order valence-corrected chi connectivity index (χ1v) is 5.04. The standard InChI is InChI=1S/C12H20O2/c1-9(2)5-6-11(10(3)4)7-8-12(13)14/h6-10H,5H2,1-4H3,(H,13,14)/b8-7+,11-6-. The molecule has 0 heterocycles. The number of hydrogen-bond acceptors (Lipinski definition) is 1. The summed E-state index contributed by atoms with van der Waals surface area (Å²) in [6, 6.07) is 0. The molecule has 0 spiro atoms. The molecule has 0 saturated heterocycles. The molecule has 0 saturated carbocycles. The predicted molar refractivity (Wildman–Crippen MR) is 59.2 cm³/mol. The van der Waals surface area contributed by atoms with Gasteiger partial charge in [0.2, 0.25) is 0 Å². The molecule has 0 aliphatic carbocycles. The van der Waals surface area contributed by atoms with E-state index in [0.717, 1.165) is 12.0 Å². The Labute approximate surface area is 86.3 Å². The number of hydrogen-bond donors (Lipinski definition) is 1. The van der Waals surface area contributed by atoms with Gasteiger partial charge in [0, 0.05) is 6.08 Å². The molecule has 2 nitrogen and oxygen atoms in total. The van der Waals surface area contributed by atoms with E-state index in [1.165, 1.54) is 6.08 Å². The molecule has 0 fully saturated rings. The molecule has 0 aromatic rings. The van der Waals surface area contributed by atoms with Gasteiger partial charge in [0.15, 0.2) is 0 Å². The lowest BCUT2D eigenvalue weighted by Crippen LogP contribution is -1.95. The molecule has 0 radical (unpaired) electrons. The highest BCUT2D eigenvalue weighted by Crippen LogP contribution is 2.14. The Morgan fingerprint density at radius 3 is 2.14 bits per heavy atom. The highest BCUT2D eigenvalue weighted by Gasteiger charge is 2.00. The predicted octanol–water partition coefficient (Wildman–Crippen LogP) is 3.26. The van der Waals surface area contributed by atoms with E-state index in [-0.39, 0.29) is 0 Å². The molecule has 0 aromatic heterocycles. The van der Waals surface area contributed by atoms with Crippen LogP contribution in [0, 0.1) is 11.8 Å². The van der Waals surface area contributed by atoms with Gasteiger partial charge in [-0.2, -0.15) is 0 Å². The quantitative estimate of drug-likeness (QED) is 0.541. The van der Waals surface area contributed by atoms with Crippen molar-refractivity contribution >= 4 is 5.97 Å². The van der Waals surface area contributed by atoms with Crippen LogP contribution in [0.3, 0.4) is 0 Å². The monoisotopic (exact) mass is 196 g/mol. The van der Waals surface area contributed by atoms with Crippen molar-refractivity contribution in [2.45, 2.75) is 34.1 Å². The van der Waals surface area contributed by atoms with Crippen LogP contribution in [0.4, 0.5) is 0 Å². The van der Waals surface area contributed by atoms with Crippen molar-refractivity contribution in [3.05, 3.63) is 23.8 Å². The van der Waals surface area contributed by atoms with Gasteiger partial charge in [-0.15, -0.1) is 0 Å². The van der Waals surface area contributed by atoms with E-state index >= 15 is 0 Å². The maximum atomic E-state index is 10.4. The SMILES string of the molecule is CC(C)C/C=C(/C=C/C(=O)O)C(C)C. The van der Waals surface area contributed by atoms with Gasteiger partial charge in [-0.05, 0) is 23.8 Å². The van der Waals surface area contributed by atoms with Crippen molar-refractivity contribution in [2.24, 2.45) is 11.8 Å². The third-order valence-corrected chi connectivity index (χ3v) is 1.91. The van der Waals surface area contributed by atoms with Crippen LogP contribution >= 0.6 is 0 Å². The molecule has 0 aromatic carbocycles. The molecule has 0 atom stereocenters. The second-order valence-corrected chi connectivity index (χ2v) is 4.16. The zero-order valence-electron chi connectivity index (χ0n) is 9.45. The number of carbonyl (C=O) groups is 1. The van der Waals surface area contributed by atoms with Crippen LogP contribution in [0.5, 0.6) is 0 Å². The fourth-order valence-corrected chi connectivity index (χ4v) is 1.04. The van der Waals surface area contributed by atoms with Crippen LogP contribution in [0.1, 0.15) is 34.1 Å². The minimum Gasteiger partial charge on any atom is -0.478 e. The second-order valence-electron chi connectivity index (χ2n) is 4.16. The third kappa shape index (κ3) is 6.46. The summed E-state index contributed by atoms with van der Waals surface area (Å²) in [5, 5.41) is 8.51. The number of carboxylic acids is 1. The normalized spacial score (nSPS) is 13.1. The zero-order chi connectivity index (χ0) is 11.1. The Bertz CT molecular complexity index is 235. The molecular formula is C12H20O2. The van der Waals surface area contributed by atoms with Crippen molar-refractivity contribution in [3.8, 4) is 0 Å². The summed E-state index contributed by atoms with van der Waals surface area (Å²) < 4.78 is 0. The lowest BCUT2D eigenvalue weighted by Gasteiger charge is -2.07. The molecule has 0 aliphatic rings. The summed E-state index contributed by atoms with van der Waals surface area (Å²) in [4.78, 5) is 10.4. The molecule has 2 heteroatoms. The largest absolute Gasteiger partial charge is 0.478 e. The van der Waals surface area contributed by atoms with Crippen LogP contribution < -0.4 is 0 Å². The van der Waals surface area contributed by atoms with Gasteiger partial charge in [0.25, 0.3) is 0 Å². The van der Waals surface area contributed by atoms with Gasteiger partial charge in [0.1, 0.15) is 0 Å². The van der Waals surface area contributed by atoms with Crippen LogP contribution in [-0.4, -0.2) is 11.1 Å². The average molecular weight is 196 g/mol. The maximum Gasteiger partial charge on any atom is 0.328 e. The van der Waals surface area contributed by atoms with Gasteiger partial charge >= 0.3 is 5.97 Å². The van der Waals surface area contributed by atoms with Gasteiger partial charge in [-0.3, -0.25) is 0 Å². The highest BCUT2D eigenvalue weighted by atomic mass is 16.4. The smallest absolute Gasteiger partial charge is 0.328 e. The van der Waals surface area contributed by atoms with Gasteiger partial charge in [-0.25, -0.2) is 4.79 Å². The molecule has 0 rings (SSSR count). The van der Waals surface area contributed by atoms with Crippen molar-refractivity contribution in [2.75, 3.05) is 0 Å². The summed E-state index contributed by atoms with van der Waals surface area (Å²) in [5.74, 6) is 0.104. The molecule has 1 N–H and O–H groups in total. The van der Waals surface area contributed by atoms with E-state index in [4.69, 9.17) is 5.11 Å². The molecule has 0 aliphatic heterocycles. The molecular weight excluding hydrogens is 176 g/mol. The summed E-state index contributed by atoms with van der Waals surface area (Å²) in [6.45, 7) is 8.43. The first-order chi connectivity index (χ1) is 6.43. The van der Waals surface area contributed by atoms with Crippen LogP contribution in [0.25, 0.3) is 0 Å². The fraction of sp³-hybridized carbons (Fsp3) is 0.583. The minimum absolute atomic E-state index is 0.379. The molecule has 14 heavy (non-hydrogen) atoms. The minimum atomic E-state index is -0.888. The van der Waals surface area contributed by atoms with E-state index in [1.54, 1.807) is 6.08 Å². The maximum absolute atomic E-state index is 10.4. The average Bonchev–Trinajstić information content (AvgIpc) is 2.02. The van der Waals surface area contributed by atoms with Crippen LogP contribution in [0.2, 0.25) is 0 Å². The van der Waals surface area contributed by atoms with Gasteiger partial charge in [-0.1, -0.05) is 39.8 Å². The van der Waals surface area contributed by atoms with E-state index < -0.39 is 5.97 Å². The van der Waals surface area contributed by atoms with Gasteiger partial charge in [0.05, 0.1) is 0 Å². The molecule has 80 valence electrons. The van der Waals surface area contributed by atoms with E-state index in [2.05, 4.69) is 33.8 Å². The third-order valence-electron chi connectivity index (χ3n) is 1.91. The van der Waals surface area contributed by atoms with Gasteiger partial charge < -0.3 is 5.11 Å². The van der Waals surface area contributed by atoms with Crippen LogP contribution in [-0.2, 0) is 4.79 Å². The summed E-state index contributed by atoms with van der Waals surface area (Å²) in [6.07, 6.45) is 6.01. The van der Waals surface area contributed by atoms with Crippen molar-refractivity contribution in [3.63, 3.8) is 0 Å². The summed E-state index contributed by atoms with van der Waals surface area (Å²) >= 11 is 0. The number of allylic oxidation sites excluding steroid dienone is 3. The zero-order valence-corrected chi connectivity index (χ0v) is 9.45. The summed E-state index contributed by atoms with van der Waals surface area (Å²) in [5.41, 5.74) is 1.10. The van der Waals surface area contributed by atoms with E-state index in [9.17, 15) is 4.79 Å². The first kappa shape index (κ1) is 12.9. The highest BCUT2D eigenvalue weighted by molar-refractivity contribution is 5.80. The van der Waals surface area contributed by atoms with Crippen molar-refractivity contribution < 1.29 is 9.90 Å². The Morgan fingerprint density at radius 1 is 1.21 bits per heavy atom. The topological polar surface area (TPSA) is 37.3 Å². The van der Waals surface area contributed by atoms with Crippen molar-refractivity contribution in [1.82, 2.24) is 0 Å². The van der Waals surface area contributed by atoms with Crippen LogP contribution in [0.15, 0.2) is 23.8 Å². The summed E-state index contributed by atoms with van der Waals surface area (Å²) in [7, 11) is 0. The lowest BCUT2D eigenvalue weighted by molar-refractivity contribution is -0.131. The molecule has 0 unspecified atom stereocenters. The molecule has 0 amide bonds. The number of aliphatic carboxylic acids is 1. The lowest BCUT2D eigenvalue weighted by atomic mass is 9.99. The molecule has 0 bridgehead atoms. The fourth-order valence-electron chi connectivity index (χ4n) is 1.04. The Morgan fingerprint density at radius 2 is 1.79 bits per heavy atom. The Balaban J connectivity index is 4.44. The first-order valence-electron chi connectivity index (χ1n) is 5.04. The Kier molecular flexibility index (Phi) is 5.93. The Hall–Kier alpha value is -1.05. The van der Waals surface area contributed by atoms with E-state index in [1.807, 2.05) is 0 Å².